The first-order valence-corrected chi connectivity index (χ1v) is 8.66. The third kappa shape index (κ3) is 3.00. The van der Waals surface area contributed by atoms with Crippen LogP contribution in [0.5, 0.6) is 0 Å². The molecule has 1 fully saturated rings. The summed E-state index contributed by atoms with van der Waals surface area (Å²) in [5, 5.41) is 9.15. The summed E-state index contributed by atoms with van der Waals surface area (Å²) in [4.78, 5) is 11.1. The van der Waals surface area contributed by atoms with Gasteiger partial charge in [0.1, 0.15) is 17.6 Å². The zero-order valence-electron chi connectivity index (χ0n) is 14.4. The van der Waals surface area contributed by atoms with Crippen molar-refractivity contribution in [1.29, 1.82) is 0 Å². The maximum absolute atomic E-state index is 13.8. The average molecular weight is 354 g/mol. The number of nitrogens with zero attached hydrogens (tertiary/aromatic N) is 3. The van der Waals surface area contributed by atoms with Gasteiger partial charge >= 0.3 is 6.09 Å². The number of hydrogen-bond acceptors (Lipinski definition) is 4. The first-order valence-electron chi connectivity index (χ1n) is 8.66. The molecule has 0 radical (unpaired) electrons. The standard InChI is InChI=1S/C19H19FN4O2/c1-2-18(26-19(21)25)15-7-12(10-22-23-15)16-8-11-3-4-13(20)9-17(11)24(16)14-5-6-14/h3-4,7-10,14,18H,2,5-6H2,1H3,(H2,21,25). The number of primary amides is 1. The summed E-state index contributed by atoms with van der Waals surface area (Å²) in [7, 11) is 0. The lowest BCUT2D eigenvalue weighted by atomic mass is 10.1. The SMILES string of the molecule is CCC(OC(N)=O)c1cc(-c2cc3ccc(F)cc3n2C2CC2)cnn1. The molecular formula is C19H19FN4O2. The normalized spacial score (nSPS) is 15.2. The van der Waals surface area contributed by atoms with Gasteiger partial charge in [-0.25, -0.2) is 9.18 Å². The van der Waals surface area contributed by atoms with Crippen molar-refractivity contribution in [2.45, 2.75) is 38.3 Å². The largest absolute Gasteiger partial charge is 0.440 e. The van der Waals surface area contributed by atoms with Gasteiger partial charge in [-0.2, -0.15) is 10.2 Å². The molecule has 2 N–H and O–H groups in total. The van der Waals surface area contributed by atoms with Crippen LogP contribution in [0.2, 0.25) is 0 Å². The smallest absolute Gasteiger partial charge is 0.405 e. The maximum atomic E-state index is 13.8. The van der Waals surface area contributed by atoms with Crippen LogP contribution in [-0.2, 0) is 4.74 Å². The fourth-order valence-electron chi connectivity index (χ4n) is 3.32. The predicted molar refractivity (Wildman–Crippen MR) is 94.9 cm³/mol. The van der Waals surface area contributed by atoms with E-state index in [1.165, 1.54) is 6.07 Å². The second-order valence-electron chi connectivity index (χ2n) is 6.54. The first kappa shape index (κ1) is 16.5. The van der Waals surface area contributed by atoms with E-state index in [2.05, 4.69) is 14.8 Å². The Labute approximate surface area is 149 Å². The van der Waals surface area contributed by atoms with Crippen molar-refractivity contribution in [2.24, 2.45) is 5.73 Å². The Hall–Kier alpha value is -2.96. The molecule has 26 heavy (non-hydrogen) atoms. The van der Waals surface area contributed by atoms with Crippen molar-refractivity contribution in [3.63, 3.8) is 0 Å². The monoisotopic (exact) mass is 354 g/mol. The minimum Gasteiger partial charge on any atom is -0.440 e. The van der Waals surface area contributed by atoms with Crippen molar-refractivity contribution in [1.82, 2.24) is 14.8 Å². The summed E-state index contributed by atoms with van der Waals surface area (Å²) in [5.41, 5.74) is 8.37. The molecule has 0 saturated heterocycles. The number of ether oxygens (including phenoxy) is 1. The highest BCUT2D eigenvalue weighted by molar-refractivity contribution is 5.87. The number of carbonyl (C=O) groups is 1. The van der Waals surface area contributed by atoms with Crippen molar-refractivity contribution in [3.05, 3.63) is 48.0 Å². The number of fused-ring (bicyclic) bond motifs is 1. The third-order valence-electron chi connectivity index (χ3n) is 4.64. The summed E-state index contributed by atoms with van der Waals surface area (Å²) in [6.45, 7) is 1.88. The van der Waals surface area contributed by atoms with Gasteiger partial charge in [0, 0.05) is 17.0 Å². The maximum Gasteiger partial charge on any atom is 0.405 e. The lowest BCUT2D eigenvalue weighted by molar-refractivity contribution is 0.101. The van der Waals surface area contributed by atoms with Crippen LogP contribution in [0.1, 0.15) is 44.0 Å². The number of aromatic nitrogens is 3. The van der Waals surface area contributed by atoms with E-state index in [4.69, 9.17) is 10.5 Å². The van der Waals surface area contributed by atoms with Crippen LogP contribution in [0.4, 0.5) is 9.18 Å². The molecule has 0 aliphatic heterocycles. The van der Waals surface area contributed by atoms with E-state index in [0.717, 1.165) is 35.0 Å². The molecule has 6 nitrogen and oxygen atoms in total. The topological polar surface area (TPSA) is 83.0 Å². The first-order chi connectivity index (χ1) is 12.6. The van der Waals surface area contributed by atoms with Gasteiger partial charge in [-0.3, -0.25) is 0 Å². The minimum absolute atomic E-state index is 0.251. The predicted octanol–water partition coefficient (Wildman–Crippen LogP) is 4.12. The highest BCUT2D eigenvalue weighted by Crippen LogP contribution is 2.42. The van der Waals surface area contributed by atoms with Crippen molar-refractivity contribution >= 4 is 17.0 Å². The zero-order valence-corrected chi connectivity index (χ0v) is 14.4. The van der Waals surface area contributed by atoms with E-state index in [1.807, 2.05) is 19.1 Å². The van der Waals surface area contributed by atoms with Gasteiger partial charge in [-0.05, 0) is 49.6 Å². The number of carbonyl (C=O) groups excluding carboxylic acids is 1. The number of amides is 1. The number of rotatable bonds is 5. The van der Waals surface area contributed by atoms with Crippen LogP contribution in [0.3, 0.4) is 0 Å². The zero-order chi connectivity index (χ0) is 18.3. The Balaban J connectivity index is 1.82. The fraction of sp³-hybridized carbons (Fsp3) is 0.316. The number of benzene rings is 1. The Morgan fingerprint density at radius 2 is 2.19 bits per heavy atom. The van der Waals surface area contributed by atoms with Crippen LogP contribution < -0.4 is 5.73 Å². The molecule has 2 aromatic heterocycles. The number of nitrogens with two attached hydrogens (primary N) is 1. The molecule has 1 aliphatic carbocycles. The lowest BCUT2D eigenvalue weighted by Gasteiger charge is -2.15. The molecule has 1 aromatic carbocycles. The van der Waals surface area contributed by atoms with Crippen molar-refractivity contribution < 1.29 is 13.9 Å². The summed E-state index contributed by atoms with van der Waals surface area (Å²) in [5.74, 6) is -0.251. The molecule has 1 atom stereocenters. The third-order valence-corrected chi connectivity index (χ3v) is 4.64. The second-order valence-corrected chi connectivity index (χ2v) is 6.54. The van der Waals surface area contributed by atoms with Crippen LogP contribution in [-0.4, -0.2) is 20.9 Å². The van der Waals surface area contributed by atoms with E-state index in [1.54, 1.807) is 18.3 Å². The summed E-state index contributed by atoms with van der Waals surface area (Å²) < 4.78 is 21.0. The molecule has 1 unspecified atom stereocenters. The van der Waals surface area contributed by atoms with Crippen LogP contribution in [0, 0.1) is 5.82 Å². The molecule has 1 aliphatic rings. The average Bonchev–Trinajstić information content (AvgIpc) is 3.40. The van der Waals surface area contributed by atoms with Gasteiger partial charge in [-0.1, -0.05) is 6.92 Å². The summed E-state index contributed by atoms with van der Waals surface area (Å²) in [6, 6.07) is 9.07. The van der Waals surface area contributed by atoms with Gasteiger partial charge in [0.15, 0.2) is 0 Å². The van der Waals surface area contributed by atoms with Gasteiger partial charge in [-0.15, -0.1) is 0 Å². The van der Waals surface area contributed by atoms with Gasteiger partial charge in [0.2, 0.25) is 0 Å². The van der Waals surface area contributed by atoms with E-state index in [-0.39, 0.29) is 5.82 Å². The molecular weight excluding hydrogens is 335 g/mol. The lowest BCUT2D eigenvalue weighted by Crippen LogP contribution is -2.18. The van der Waals surface area contributed by atoms with E-state index in [0.29, 0.717) is 18.2 Å². The molecule has 7 heteroatoms. The minimum atomic E-state index is -0.841. The quantitative estimate of drug-likeness (QED) is 0.747. The van der Waals surface area contributed by atoms with E-state index >= 15 is 0 Å². The van der Waals surface area contributed by atoms with Crippen LogP contribution in [0.15, 0.2) is 36.5 Å². The molecule has 134 valence electrons. The van der Waals surface area contributed by atoms with Crippen LogP contribution >= 0.6 is 0 Å². The van der Waals surface area contributed by atoms with Crippen molar-refractivity contribution in [2.75, 3.05) is 0 Å². The highest BCUT2D eigenvalue weighted by atomic mass is 19.1. The van der Waals surface area contributed by atoms with Gasteiger partial charge < -0.3 is 15.0 Å². The van der Waals surface area contributed by atoms with Gasteiger partial charge in [0.25, 0.3) is 0 Å². The van der Waals surface area contributed by atoms with Crippen LogP contribution in [0.25, 0.3) is 22.2 Å². The van der Waals surface area contributed by atoms with E-state index < -0.39 is 12.2 Å². The summed E-state index contributed by atoms with van der Waals surface area (Å²) in [6.07, 6.45) is 2.96. The van der Waals surface area contributed by atoms with E-state index in [9.17, 15) is 9.18 Å². The van der Waals surface area contributed by atoms with Gasteiger partial charge in [0.05, 0.1) is 17.4 Å². The Morgan fingerprint density at radius 1 is 1.38 bits per heavy atom. The molecule has 2 heterocycles. The number of halogens is 1. The second kappa shape index (κ2) is 6.40. The molecule has 0 bridgehead atoms. The Bertz CT molecular complexity index is 981. The highest BCUT2D eigenvalue weighted by Gasteiger charge is 2.28. The Morgan fingerprint density at radius 3 is 2.88 bits per heavy atom. The number of hydrogen-bond donors (Lipinski definition) is 1. The Kier molecular flexibility index (Phi) is 4.06. The molecule has 0 spiro atoms. The molecule has 3 aromatic rings. The molecule has 1 saturated carbocycles. The molecule has 1 amide bonds. The fourth-order valence-corrected chi connectivity index (χ4v) is 3.32. The van der Waals surface area contributed by atoms with Crippen molar-refractivity contribution in [3.8, 4) is 11.3 Å². The summed E-state index contributed by atoms with van der Waals surface area (Å²) >= 11 is 0. The molecule has 4 rings (SSSR count).